The zero-order chi connectivity index (χ0) is 43.5. The van der Waals surface area contributed by atoms with Crippen molar-refractivity contribution in [3.63, 3.8) is 0 Å². The van der Waals surface area contributed by atoms with Gasteiger partial charge >= 0.3 is 11.9 Å². The summed E-state index contributed by atoms with van der Waals surface area (Å²) in [5.41, 5.74) is 0. The number of rotatable bonds is 51. The number of aliphatic hydroxyl groups is 1. The molecule has 0 saturated carbocycles. The van der Waals surface area contributed by atoms with Crippen molar-refractivity contribution >= 4 is 11.9 Å². The molecule has 0 radical (unpaired) electrons. The van der Waals surface area contributed by atoms with E-state index in [9.17, 15) is 14.7 Å². The summed E-state index contributed by atoms with van der Waals surface area (Å²) in [4.78, 5) is 24.4. The van der Waals surface area contributed by atoms with Crippen molar-refractivity contribution in [2.24, 2.45) is 0 Å². The normalized spacial score (nSPS) is 12.1. The molecule has 0 amide bonds. The molecule has 0 aliphatic rings. The van der Waals surface area contributed by atoms with Gasteiger partial charge in [0.25, 0.3) is 0 Å². The molecule has 0 saturated heterocycles. The quantitative estimate of drug-likeness (QED) is 0.0375. The molecule has 0 aromatic carbocycles. The molecule has 0 bridgehead atoms. The number of ether oxygens (including phenoxy) is 2. The van der Waals surface area contributed by atoms with Crippen LogP contribution in [0, 0.1) is 0 Å². The first kappa shape index (κ1) is 58.6. The number of carbonyl (C=O) groups is 2. The fraction of sp³-hybridized carbons (Fsp3) is 0.927. The van der Waals surface area contributed by atoms with Crippen molar-refractivity contribution in [3.8, 4) is 0 Å². The van der Waals surface area contributed by atoms with Gasteiger partial charge in [-0.2, -0.15) is 0 Å². The first-order valence-corrected chi connectivity index (χ1v) is 27.2. The number of hydrogen-bond acceptors (Lipinski definition) is 5. The van der Waals surface area contributed by atoms with Gasteiger partial charge in [-0.15, -0.1) is 0 Å². The summed E-state index contributed by atoms with van der Waals surface area (Å²) >= 11 is 0. The number of aliphatic hydroxyl groups excluding tert-OH is 1. The Hall–Kier alpha value is -1.36. The molecule has 0 aliphatic carbocycles. The van der Waals surface area contributed by atoms with Crippen molar-refractivity contribution in [1.82, 2.24) is 0 Å². The summed E-state index contributed by atoms with van der Waals surface area (Å²) in [6.45, 7) is 4.16. The van der Waals surface area contributed by atoms with Crippen LogP contribution in [0.5, 0.6) is 0 Å². The van der Waals surface area contributed by atoms with Crippen LogP contribution >= 0.6 is 0 Å². The SMILES string of the molecule is CCCCCC/C=C\CCCCCCCC(=O)OC(CO)COC(=O)CCCCCCCCCCCCCCCCCCCCCCCCCCCCCCCCCCC. The topological polar surface area (TPSA) is 72.8 Å². The van der Waals surface area contributed by atoms with Gasteiger partial charge in [0, 0.05) is 12.8 Å². The highest BCUT2D eigenvalue weighted by molar-refractivity contribution is 5.70. The molecule has 0 rings (SSSR count). The molecule has 0 fully saturated rings. The van der Waals surface area contributed by atoms with Crippen LogP contribution in [0.15, 0.2) is 12.2 Å². The summed E-state index contributed by atoms with van der Waals surface area (Å²) in [5, 5.41) is 9.60. The van der Waals surface area contributed by atoms with Gasteiger partial charge in [-0.25, -0.2) is 0 Å². The Kier molecular flexibility index (Phi) is 50.8. The standard InChI is InChI=1S/C55H106O5/c1-3-5-7-9-11-13-15-17-18-19-20-21-22-23-24-25-26-27-28-29-30-31-32-33-34-35-36-38-39-41-43-45-47-49-54(57)59-52-53(51-56)60-55(58)50-48-46-44-42-40-37-16-14-12-10-8-6-4-2/h14,16,53,56H,3-13,15,17-52H2,1-2H3/b16-14-. The Morgan fingerprint density at radius 1 is 0.367 bits per heavy atom. The van der Waals surface area contributed by atoms with Gasteiger partial charge < -0.3 is 14.6 Å². The Balaban J connectivity index is 3.35. The molecule has 60 heavy (non-hydrogen) atoms. The van der Waals surface area contributed by atoms with Crippen molar-refractivity contribution in [3.05, 3.63) is 12.2 Å². The van der Waals surface area contributed by atoms with E-state index in [4.69, 9.17) is 9.47 Å². The Morgan fingerprint density at radius 2 is 0.617 bits per heavy atom. The van der Waals surface area contributed by atoms with Gasteiger partial charge in [-0.05, 0) is 38.5 Å². The number of unbranched alkanes of at least 4 members (excludes halogenated alkanes) is 41. The van der Waals surface area contributed by atoms with E-state index in [1.165, 1.54) is 244 Å². The lowest BCUT2D eigenvalue weighted by atomic mass is 10.0. The highest BCUT2D eigenvalue weighted by Crippen LogP contribution is 2.18. The Bertz CT molecular complexity index is 871. The molecular formula is C55H106O5. The van der Waals surface area contributed by atoms with E-state index in [1.54, 1.807) is 0 Å². The lowest BCUT2D eigenvalue weighted by molar-refractivity contribution is -0.161. The molecule has 5 heteroatoms. The lowest BCUT2D eigenvalue weighted by Crippen LogP contribution is -2.28. The molecule has 0 aliphatic heterocycles. The van der Waals surface area contributed by atoms with Crippen LogP contribution in [0.2, 0.25) is 0 Å². The van der Waals surface area contributed by atoms with E-state index < -0.39 is 6.10 Å². The summed E-state index contributed by atoms with van der Waals surface area (Å²) in [7, 11) is 0. The molecule has 0 heterocycles. The first-order chi connectivity index (χ1) is 29.6. The molecule has 1 unspecified atom stereocenters. The van der Waals surface area contributed by atoms with E-state index in [-0.39, 0.29) is 25.2 Å². The predicted octanol–water partition coefficient (Wildman–Crippen LogP) is 18.0. The molecule has 0 spiro atoms. The fourth-order valence-electron chi connectivity index (χ4n) is 8.44. The van der Waals surface area contributed by atoms with Crippen molar-refractivity contribution in [2.45, 2.75) is 315 Å². The third-order valence-electron chi connectivity index (χ3n) is 12.6. The molecule has 1 atom stereocenters. The minimum absolute atomic E-state index is 0.0627. The third kappa shape index (κ3) is 49.3. The van der Waals surface area contributed by atoms with Gasteiger partial charge in [0.15, 0.2) is 6.10 Å². The van der Waals surface area contributed by atoms with Crippen LogP contribution in [0.4, 0.5) is 0 Å². The lowest BCUT2D eigenvalue weighted by Gasteiger charge is -2.15. The van der Waals surface area contributed by atoms with E-state index >= 15 is 0 Å². The molecule has 0 aromatic rings. The average molecular weight is 847 g/mol. The summed E-state index contributed by atoms with van der Waals surface area (Å²) in [6, 6.07) is 0. The van der Waals surface area contributed by atoms with E-state index in [0.29, 0.717) is 12.8 Å². The number of carbonyl (C=O) groups excluding carboxylic acids is 2. The average Bonchev–Trinajstić information content (AvgIpc) is 3.25. The fourth-order valence-corrected chi connectivity index (χ4v) is 8.44. The van der Waals surface area contributed by atoms with Crippen LogP contribution in [0.3, 0.4) is 0 Å². The van der Waals surface area contributed by atoms with Gasteiger partial charge in [0.1, 0.15) is 6.61 Å². The van der Waals surface area contributed by atoms with Gasteiger partial charge in [0.05, 0.1) is 6.61 Å². The minimum Gasteiger partial charge on any atom is -0.462 e. The zero-order valence-corrected chi connectivity index (χ0v) is 40.8. The maximum Gasteiger partial charge on any atom is 0.306 e. The number of hydrogen-bond donors (Lipinski definition) is 1. The number of allylic oxidation sites excluding steroid dienone is 2. The second kappa shape index (κ2) is 52.0. The summed E-state index contributed by atoms with van der Waals surface area (Å²) in [5.74, 6) is -0.584. The maximum absolute atomic E-state index is 12.2. The highest BCUT2D eigenvalue weighted by atomic mass is 16.6. The Labute approximate surface area is 375 Å². The summed E-state index contributed by atoms with van der Waals surface area (Å²) < 4.78 is 10.7. The largest absolute Gasteiger partial charge is 0.462 e. The van der Waals surface area contributed by atoms with Crippen LogP contribution in [-0.4, -0.2) is 36.4 Å². The second-order valence-corrected chi connectivity index (χ2v) is 18.7. The second-order valence-electron chi connectivity index (χ2n) is 18.7. The smallest absolute Gasteiger partial charge is 0.306 e. The predicted molar refractivity (Wildman–Crippen MR) is 261 cm³/mol. The van der Waals surface area contributed by atoms with E-state index in [2.05, 4.69) is 26.0 Å². The van der Waals surface area contributed by atoms with Crippen LogP contribution < -0.4 is 0 Å². The van der Waals surface area contributed by atoms with E-state index in [1.807, 2.05) is 0 Å². The Morgan fingerprint density at radius 3 is 0.917 bits per heavy atom. The van der Waals surface area contributed by atoms with Crippen LogP contribution in [-0.2, 0) is 19.1 Å². The third-order valence-corrected chi connectivity index (χ3v) is 12.6. The number of esters is 2. The van der Waals surface area contributed by atoms with Gasteiger partial charge in [-0.3, -0.25) is 9.59 Å². The molecule has 5 nitrogen and oxygen atoms in total. The first-order valence-electron chi connectivity index (χ1n) is 27.2. The monoisotopic (exact) mass is 847 g/mol. The molecule has 356 valence electrons. The van der Waals surface area contributed by atoms with Crippen molar-refractivity contribution in [2.75, 3.05) is 13.2 Å². The van der Waals surface area contributed by atoms with Gasteiger partial charge in [0.2, 0.25) is 0 Å². The van der Waals surface area contributed by atoms with Gasteiger partial charge in [-0.1, -0.05) is 270 Å². The van der Waals surface area contributed by atoms with Crippen molar-refractivity contribution in [1.29, 1.82) is 0 Å². The minimum atomic E-state index is -0.770. The maximum atomic E-state index is 12.2. The molecule has 1 N–H and O–H groups in total. The molecule has 0 aromatic heterocycles. The highest BCUT2D eigenvalue weighted by Gasteiger charge is 2.16. The molecular weight excluding hydrogens is 741 g/mol. The van der Waals surface area contributed by atoms with E-state index in [0.717, 1.165) is 38.5 Å². The van der Waals surface area contributed by atoms with Crippen molar-refractivity contribution < 1.29 is 24.2 Å². The zero-order valence-electron chi connectivity index (χ0n) is 40.8. The van der Waals surface area contributed by atoms with Crippen LogP contribution in [0.1, 0.15) is 309 Å². The van der Waals surface area contributed by atoms with Crippen LogP contribution in [0.25, 0.3) is 0 Å². The summed E-state index contributed by atoms with van der Waals surface area (Å²) in [6.07, 6.45) is 63.5.